The van der Waals surface area contributed by atoms with Gasteiger partial charge in [0, 0.05) is 0 Å². The zero-order valence-corrected chi connectivity index (χ0v) is 16.5. The third-order valence-electron chi connectivity index (χ3n) is 4.21. The molecule has 0 amide bonds. The number of hydrogen-bond acceptors (Lipinski definition) is 5. The molecule has 0 aliphatic rings. The molecule has 4 rings (SSSR count). The van der Waals surface area contributed by atoms with Crippen LogP contribution in [0.3, 0.4) is 0 Å². The lowest BCUT2D eigenvalue weighted by molar-refractivity contribution is 0.442. The van der Waals surface area contributed by atoms with Gasteiger partial charge < -0.3 is 4.74 Å². The third kappa shape index (κ3) is 3.85. The van der Waals surface area contributed by atoms with E-state index in [1.807, 2.05) is 37.3 Å². The van der Waals surface area contributed by atoms with Gasteiger partial charge >= 0.3 is 0 Å². The molecule has 2 heterocycles. The number of hydrogen-bond donors (Lipinski definition) is 1. The summed E-state index contributed by atoms with van der Waals surface area (Å²) in [7, 11) is 0. The van der Waals surface area contributed by atoms with Gasteiger partial charge in [-0.2, -0.15) is 24.7 Å². The van der Waals surface area contributed by atoms with Crippen molar-refractivity contribution in [2.75, 3.05) is 0 Å². The Kier molecular flexibility index (Phi) is 5.05. The second kappa shape index (κ2) is 7.80. The van der Waals surface area contributed by atoms with Crippen LogP contribution in [0.15, 0.2) is 59.7 Å². The molecular weight excluding hydrogens is 391 g/mol. The number of benzene rings is 2. The molecule has 0 aliphatic carbocycles. The number of aromatic amines is 1. The Hall–Kier alpha value is -3.59. The maximum Gasteiger partial charge on any atom is 0.231 e. The first-order valence-corrected chi connectivity index (χ1v) is 9.20. The maximum absolute atomic E-state index is 13.3. The van der Waals surface area contributed by atoms with Gasteiger partial charge in [0.1, 0.15) is 17.4 Å². The first-order chi connectivity index (χ1) is 14.0. The fourth-order valence-corrected chi connectivity index (χ4v) is 2.97. The summed E-state index contributed by atoms with van der Waals surface area (Å²) >= 11 is 5.20. The first kappa shape index (κ1) is 18.8. The highest BCUT2D eigenvalue weighted by molar-refractivity contribution is 7.71. The van der Waals surface area contributed by atoms with Crippen LogP contribution in [0.1, 0.15) is 17.1 Å². The van der Waals surface area contributed by atoms with Crippen LogP contribution in [0.2, 0.25) is 0 Å². The minimum absolute atomic E-state index is 0.336. The Morgan fingerprint density at radius 1 is 1.10 bits per heavy atom. The summed E-state index contributed by atoms with van der Waals surface area (Å²) in [5.74, 6) is 1.23. The SMILES string of the molecule is Cc1nn(-c2ccccc2)c(Oc2ccc(F)cc2)c1/C=N\n1c(C)n[nH]c1=S. The second-order valence-corrected chi connectivity index (χ2v) is 6.63. The van der Waals surface area contributed by atoms with E-state index in [0.717, 1.165) is 5.69 Å². The number of aryl methyl sites for hydroxylation is 2. The van der Waals surface area contributed by atoms with E-state index in [2.05, 4.69) is 20.4 Å². The summed E-state index contributed by atoms with van der Waals surface area (Å²) in [5.41, 5.74) is 2.20. The van der Waals surface area contributed by atoms with Crippen molar-refractivity contribution in [3.05, 3.63) is 82.3 Å². The summed E-state index contributed by atoms with van der Waals surface area (Å²) in [6.45, 7) is 3.65. The van der Waals surface area contributed by atoms with Crippen LogP contribution in [0.4, 0.5) is 4.39 Å². The standard InChI is InChI=1S/C20H17FN6OS/c1-13-18(12-22-26-14(2)23-24-20(26)29)19(28-17-10-8-15(21)9-11-17)27(25-13)16-6-4-3-5-7-16/h3-12H,1-2H3,(H,24,29)/b22-12-. The van der Waals surface area contributed by atoms with Crippen molar-refractivity contribution in [1.82, 2.24) is 24.7 Å². The number of rotatable bonds is 5. The molecule has 0 bridgehead atoms. The van der Waals surface area contributed by atoms with Gasteiger partial charge in [0.2, 0.25) is 10.7 Å². The largest absolute Gasteiger partial charge is 0.438 e. The Bertz CT molecular complexity index is 1220. The van der Waals surface area contributed by atoms with Crippen molar-refractivity contribution in [3.8, 4) is 17.3 Å². The minimum atomic E-state index is -0.336. The van der Waals surface area contributed by atoms with E-state index in [9.17, 15) is 4.39 Å². The molecule has 0 unspecified atom stereocenters. The Morgan fingerprint density at radius 2 is 1.83 bits per heavy atom. The van der Waals surface area contributed by atoms with Crippen molar-refractivity contribution in [3.63, 3.8) is 0 Å². The second-order valence-electron chi connectivity index (χ2n) is 6.24. The van der Waals surface area contributed by atoms with Crippen LogP contribution < -0.4 is 4.74 Å². The molecule has 0 saturated heterocycles. The number of para-hydroxylation sites is 1. The quantitative estimate of drug-likeness (QED) is 0.388. The monoisotopic (exact) mass is 408 g/mol. The van der Waals surface area contributed by atoms with E-state index in [1.54, 1.807) is 30.0 Å². The topological polar surface area (TPSA) is 73.0 Å². The number of aromatic nitrogens is 5. The van der Waals surface area contributed by atoms with Crippen LogP contribution in [0.25, 0.3) is 5.69 Å². The van der Waals surface area contributed by atoms with Crippen molar-refractivity contribution >= 4 is 18.4 Å². The zero-order valence-electron chi connectivity index (χ0n) is 15.7. The molecule has 7 nitrogen and oxygen atoms in total. The summed E-state index contributed by atoms with van der Waals surface area (Å²) in [6.07, 6.45) is 1.62. The van der Waals surface area contributed by atoms with Gasteiger partial charge in [-0.15, -0.1) is 0 Å². The molecule has 0 aliphatic heterocycles. The molecule has 146 valence electrons. The highest BCUT2D eigenvalue weighted by Gasteiger charge is 2.18. The van der Waals surface area contributed by atoms with Gasteiger partial charge in [0.25, 0.3) is 0 Å². The van der Waals surface area contributed by atoms with E-state index in [0.29, 0.717) is 33.5 Å². The lowest BCUT2D eigenvalue weighted by Crippen LogP contribution is -2.01. The van der Waals surface area contributed by atoms with E-state index in [1.165, 1.54) is 16.8 Å². The maximum atomic E-state index is 13.3. The van der Waals surface area contributed by atoms with Gasteiger partial charge in [-0.3, -0.25) is 5.10 Å². The number of ether oxygens (including phenoxy) is 1. The van der Waals surface area contributed by atoms with Crippen LogP contribution in [-0.4, -0.2) is 30.9 Å². The highest BCUT2D eigenvalue weighted by atomic mass is 32.1. The van der Waals surface area contributed by atoms with Crippen molar-refractivity contribution in [1.29, 1.82) is 0 Å². The predicted octanol–water partition coefficient (Wildman–Crippen LogP) is 4.56. The van der Waals surface area contributed by atoms with Crippen LogP contribution >= 0.6 is 12.2 Å². The highest BCUT2D eigenvalue weighted by Crippen LogP contribution is 2.29. The molecular formula is C20H17FN6OS. The number of nitrogens with zero attached hydrogens (tertiary/aromatic N) is 5. The Morgan fingerprint density at radius 3 is 2.48 bits per heavy atom. The number of H-pyrrole nitrogens is 1. The lowest BCUT2D eigenvalue weighted by atomic mass is 10.2. The van der Waals surface area contributed by atoms with Gasteiger partial charge in [-0.1, -0.05) is 18.2 Å². The average Bonchev–Trinajstić information content (AvgIpc) is 3.21. The summed E-state index contributed by atoms with van der Waals surface area (Å²) in [6, 6.07) is 15.4. The molecule has 1 N–H and O–H groups in total. The fourth-order valence-electron chi connectivity index (χ4n) is 2.75. The molecule has 0 atom stereocenters. The third-order valence-corrected chi connectivity index (χ3v) is 4.47. The van der Waals surface area contributed by atoms with Crippen LogP contribution in [0, 0.1) is 24.4 Å². The minimum Gasteiger partial charge on any atom is -0.438 e. The van der Waals surface area contributed by atoms with Gasteiger partial charge in [-0.05, 0) is 62.5 Å². The van der Waals surface area contributed by atoms with Crippen LogP contribution in [0.5, 0.6) is 11.6 Å². The van der Waals surface area contributed by atoms with Gasteiger partial charge in [0.05, 0.1) is 23.2 Å². The molecule has 2 aromatic heterocycles. The molecule has 0 spiro atoms. The summed E-state index contributed by atoms with van der Waals surface area (Å²) in [5, 5.41) is 15.8. The van der Waals surface area contributed by atoms with Crippen molar-refractivity contribution in [2.24, 2.45) is 5.10 Å². The number of nitrogens with one attached hydrogen (secondary N) is 1. The normalized spacial score (nSPS) is 11.3. The van der Waals surface area contributed by atoms with Crippen molar-refractivity contribution in [2.45, 2.75) is 13.8 Å². The Balaban J connectivity index is 1.82. The van der Waals surface area contributed by atoms with Gasteiger partial charge in [0.15, 0.2) is 0 Å². The van der Waals surface area contributed by atoms with Crippen molar-refractivity contribution < 1.29 is 9.13 Å². The lowest BCUT2D eigenvalue weighted by Gasteiger charge is -2.10. The molecule has 0 saturated carbocycles. The van der Waals surface area contributed by atoms with Crippen LogP contribution in [-0.2, 0) is 0 Å². The summed E-state index contributed by atoms with van der Waals surface area (Å²) in [4.78, 5) is 0. The van der Waals surface area contributed by atoms with E-state index < -0.39 is 0 Å². The predicted molar refractivity (Wildman–Crippen MR) is 110 cm³/mol. The smallest absolute Gasteiger partial charge is 0.231 e. The van der Waals surface area contributed by atoms with E-state index >= 15 is 0 Å². The molecule has 29 heavy (non-hydrogen) atoms. The molecule has 9 heteroatoms. The molecule has 4 aromatic rings. The first-order valence-electron chi connectivity index (χ1n) is 8.80. The van der Waals surface area contributed by atoms with E-state index in [4.69, 9.17) is 17.0 Å². The molecule has 0 fully saturated rings. The summed E-state index contributed by atoms with van der Waals surface area (Å²) < 4.78 is 23.0. The number of halogens is 1. The molecule has 0 radical (unpaired) electrons. The Labute approximate surface area is 171 Å². The van der Waals surface area contributed by atoms with Gasteiger partial charge in [-0.25, -0.2) is 4.39 Å². The molecule has 2 aromatic carbocycles. The zero-order chi connectivity index (χ0) is 20.4. The van der Waals surface area contributed by atoms with E-state index in [-0.39, 0.29) is 5.82 Å². The fraction of sp³-hybridized carbons (Fsp3) is 0.100. The average molecular weight is 408 g/mol.